The highest BCUT2D eigenvalue weighted by molar-refractivity contribution is 9.10. The maximum absolute atomic E-state index is 11.0. The molecule has 2 unspecified atom stereocenters. The quantitative estimate of drug-likeness (QED) is 0.281. The summed E-state index contributed by atoms with van der Waals surface area (Å²) in [5, 5.41) is 21.9. The Bertz CT molecular complexity index is 955. The Labute approximate surface area is 172 Å². The van der Waals surface area contributed by atoms with E-state index in [-0.39, 0.29) is 11.6 Å². The van der Waals surface area contributed by atoms with Gasteiger partial charge in [-0.05, 0) is 41.3 Å². The Morgan fingerprint density at radius 1 is 0.964 bits per heavy atom. The van der Waals surface area contributed by atoms with Gasteiger partial charge in [0.2, 0.25) is 0 Å². The maximum atomic E-state index is 11.0. The summed E-state index contributed by atoms with van der Waals surface area (Å²) in [6.45, 7) is 0. The number of nitro groups is 1. The van der Waals surface area contributed by atoms with Gasteiger partial charge in [0.1, 0.15) is 0 Å². The van der Waals surface area contributed by atoms with Crippen LogP contribution < -0.4 is 0 Å². The van der Waals surface area contributed by atoms with E-state index in [1.165, 1.54) is 17.7 Å². The SMILES string of the molecule is O=[N+]([O-])c1ccc(C(O)C(/C=C\Cc2ccccc2)c2ccccc2Br)cc1. The maximum Gasteiger partial charge on any atom is 0.269 e. The Hall–Kier alpha value is -2.76. The van der Waals surface area contributed by atoms with Gasteiger partial charge in [0.05, 0.1) is 11.0 Å². The molecule has 0 spiro atoms. The molecule has 4 nitrogen and oxygen atoms in total. The summed E-state index contributed by atoms with van der Waals surface area (Å²) < 4.78 is 0.908. The lowest BCUT2D eigenvalue weighted by molar-refractivity contribution is -0.384. The highest BCUT2D eigenvalue weighted by atomic mass is 79.9. The van der Waals surface area contributed by atoms with Crippen LogP contribution in [0.2, 0.25) is 0 Å². The molecule has 3 aromatic carbocycles. The third-order valence-electron chi connectivity index (χ3n) is 4.59. The van der Waals surface area contributed by atoms with Crippen molar-refractivity contribution in [3.05, 3.63) is 122 Å². The van der Waals surface area contributed by atoms with Crippen molar-refractivity contribution >= 4 is 21.6 Å². The van der Waals surface area contributed by atoms with Crippen molar-refractivity contribution in [1.82, 2.24) is 0 Å². The fraction of sp³-hybridized carbons (Fsp3) is 0.130. The van der Waals surface area contributed by atoms with E-state index in [1.54, 1.807) is 12.1 Å². The zero-order valence-electron chi connectivity index (χ0n) is 15.1. The van der Waals surface area contributed by atoms with Gasteiger partial charge in [0.25, 0.3) is 5.69 Å². The van der Waals surface area contributed by atoms with E-state index in [0.717, 1.165) is 16.5 Å². The predicted octanol–water partition coefficient (Wildman–Crippen LogP) is 5.97. The zero-order valence-corrected chi connectivity index (χ0v) is 16.7. The molecule has 0 aromatic heterocycles. The van der Waals surface area contributed by atoms with E-state index in [4.69, 9.17) is 0 Å². The summed E-state index contributed by atoms with van der Waals surface area (Å²) in [6, 6.07) is 23.9. The molecular weight excluding hydrogens is 418 g/mol. The smallest absolute Gasteiger partial charge is 0.269 e. The number of benzene rings is 3. The molecule has 0 saturated heterocycles. The summed E-state index contributed by atoms with van der Waals surface area (Å²) in [7, 11) is 0. The van der Waals surface area contributed by atoms with E-state index in [1.807, 2.05) is 54.6 Å². The number of hydrogen-bond acceptors (Lipinski definition) is 3. The number of allylic oxidation sites excluding steroid dienone is 1. The number of non-ortho nitro benzene ring substituents is 1. The lowest BCUT2D eigenvalue weighted by atomic mass is 9.88. The lowest BCUT2D eigenvalue weighted by Crippen LogP contribution is -2.10. The molecule has 0 radical (unpaired) electrons. The molecule has 0 heterocycles. The zero-order chi connectivity index (χ0) is 19.9. The normalized spacial score (nSPS) is 13.4. The van der Waals surface area contributed by atoms with Crippen LogP contribution in [0.4, 0.5) is 5.69 Å². The monoisotopic (exact) mass is 437 g/mol. The molecule has 5 heteroatoms. The molecule has 28 heavy (non-hydrogen) atoms. The molecule has 0 fully saturated rings. The highest BCUT2D eigenvalue weighted by Gasteiger charge is 2.22. The first-order valence-electron chi connectivity index (χ1n) is 8.93. The Balaban J connectivity index is 1.89. The van der Waals surface area contributed by atoms with Crippen LogP contribution in [-0.4, -0.2) is 10.0 Å². The first-order chi connectivity index (χ1) is 13.6. The van der Waals surface area contributed by atoms with Gasteiger partial charge in [0, 0.05) is 22.5 Å². The summed E-state index contributed by atoms with van der Waals surface area (Å²) >= 11 is 3.57. The van der Waals surface area contributed by atoms with Crippen LogP contribution in [-0.2, 0) is 6.42 Å². The van der Waals surface area contributed by atoms with Gasteiger partial charge in [-0.3, -0.25) is 10.1 Å². The van der Waals surface area contributed by atoms with Crippen LogP contribution in [0.1, 0.15) is 28.7 Å². The van der Waals surface area contributed by atoms with Gasteiger partial charge in [-0.1, -0.05) is 76.6 Å². The van der Waals surface area contributed by atoms with Crippen LogP contribution in [0.15, 0.2) is 95.5 Å². The van der Waals surface area contributed by atoms with Gasteiger partial charge >= 0.3 is 0 Å². The number of halogens is 1. The average Bonchev–Trinajstić information content (AvgIpc) is 2.72. The molecular formula is C23H20BrNO3. The number of nitro benzene ring substituents is 1. The average molecular weight is 438 g/mol. The first-order valence-corrected chi connectivity index (χ1v) is 9.73. The van der Waals surface area contributed by atoms with E-state index in [9.17, 15) is 15.2 Å². The van der Waals surface area contributed by atoms with Crippen molar-refractivity contribution in [2.45, 2.75) is 18.4 Å². The number of hydrogen-bond donors (Lipinski definition) is 1. The van der Waals surface area contributed by atoms with Gasteiger partial charge in [0.15, 0.2) is 0 Å². The molecule has 2 atom stereocenters. The van der Waals surface area contributed by atoms with Crippen molar-refractivity contribution in [2.75, 3.05) is 0 Å². The van der Waals surface area contributed by atoms with E-state index >= 15 is 0 Å². The number of aliphatic hydroxyl groups is 1. The third kappa shape index (κ3) is 4.94. The summed E-state index contributed by atoms with van der Waals surface area (Å²) in [4.78, 5) is 10.4. The van der Waals surface area contributed by atoms with Gasteiger partial charge in [-0.15, -0.1) is 0 Å². The minimum absolute atomic E-state index is 0.00742. The fourth-order valence-electron chi connectivity index (χ4n) is 3.09. The van der Waals surface area contributed by atoms with Crippen molar-refractivity contribution in [3.8, 4) is 0 Å². The summed E-state index contributed by atoms with van der Waals surface area (Å²) in [5.74, 6) is -0.291. The predicted molar refractivity (Wildman–Crippen MR) is 114 cm³/mol. The molecule has 3 rings (SSSR count). The Morgan fingerprint density at radius 2 is 1.61 bits per heavy atom. The topological polar surface area (TPSA) is 63.4 Å². The van der Waals surface area contributed by atoms with Crippen LogP contribution in [0.5, 0.6) is 0 Å². The molecule has 0 aliphatic carbocycles. The number of nitrogens with zero attached hydrogens (tertiary/aromatic N) is 1. The van der Waals surface area contributed by atoms with E-state index in [0.29, 0.717) is 5.56 Å². The van der Waals surface area contributed by atoms with Crippen molar-refractivity contribution in [3.63, 3.8) is 0 Å². The van der Waals surface area contributed by atoms with Crippen molar-refractivity contribution in [2.24, 2.45) is 0 Å². The van der Waals surface area contributed by atoms with Gasteiger partial charge < -0.3 is 5.11 Å². The minimum Gasteiger partial charge on any atom is -0.387 e. The number of rotatable bonds is 7. The first kappa shape index (κ1) is 20.0. The second-order valence-corrected chi connectivity index (χ2v) is 7.31. The second kappa shape index (κ2) is 9.44. The van der Waals surface area contributed by atoms with Gasteiger partial charge in [-0.2, -0.15) is 0 Å². The van der Waals surface area contributed by atoms with Crippen LogP contribution in [0, 0.1) is 10.1 Å². The van der Waals surface area contributed by atoms with Crippen molar-refractivity contribution in [1.29, 1.82) is 0 Å². The minimum atomic E-state index is -0.827. The molecule has 3 aromatic rings. The van der Waals surface area contributed by atoms with Gasteiger partial charge in [-0.25, -0.2) is 0 Å². The third-order valence-corrected chi connectivity index (χ3v) is 5.31. The highest BCUT2D eigenvalue weighted by Crippen LogP contribution is 2.36. The van der Waals surface area contributed by atoms with E-state index in [2.05, 4.69) is 28.1 Å². The molecule has 0 bridgehead atoms. The molecule has 0 saturated carbocycles. The van der Waals surface area contributed by atoms with E-state index < -0.39 is 11.0 Å². The Morgan fingerprint density at radius 3 is 2.25 bits per heavy atom. The lowest BCUT2D eigenvalue weighted by Gasteiger charge is -2.22. The fourth-order valence-corrected chi connectivity index (χ4v) is 3.64. The molecule has 0 amide bonds. The molecule has 0 aliphatic rings. The molecule has 0 aliphatic heterocycles. The van der Waals surface area contributed by atoms with Crippen LogP contribution >= 0.6 is 15.9 Å². The number of aliphatic hydroxyl groups excluding tert-OH is 1. The molecule has 142 valence electrons. The standard InChI is InChI=1S/C23H20BrNO3/c24-22-12-5-4-10-20(22)21(11-6-9-17-7-2-1-3-8-17)23(26)18-13-15-19(16-14-18)25(27)28/h1-8,10-16,21,23,26H,9H2/b11-6-. The van der Waals surface area contributed by atoms with Crippen LogP contribution in [0.3, 0.4) is 0 Å². The second-order valence-electron chi connectivity index (χ2n) is 6.46. The summed E-state index contributed by atoms with van der Waals surface area (Å²) in [5.41, 5.74) is 2.79. The van der Waals surface area contributed by atoms with Crippen LogP contribution in [0.25, 0.3) is 0 Å². The molecule has 1 N–H and O–H groups in total. The Kier molecular flexibility index (Phi) is 6.74. The van der Waals surface area contributed by atoms with Crippen molar-refractivity contribution < 1.29 is 10.0 Å². The largest absolute Gasteiger partial charge is 0.387 e. The summed E-state index contributed by atoms with van der Waals surface area (Å²) in [6.07, 6.45) is 3.98.